The van der Waals surface area contributed by atoms with Crippen LogP contribution in [0.1, 0.15) is 10.5 Å². The highest BCUT2D eigenvalue weighted by molar-refractivity contribution is 9.11. The van der Waals surface area contributed by atoms with Gasteiger partial charge in [-0.1, -0.05) is 0 Å². The molecular weight excluding hydrogens is 292 g/mol. The molecule has 2 aromatic heterocycles. The number of halogens is 1. The zero-order valence-electron chi connectivity index (χ0n) is 7.98. The molecule has 0 spiro atoms. The van der Waals surface area contributed by atoms with Gasteiger partial charge in [-0.2, -0.15) is 0 Å². The first-order chi connectivity index (χ1) is 7.65. The Labute approximate surface area is 104 Å². The van der Waals surface area contributed by atoms with Gasteiger partial charge in [0.1, 0.15) is 11.5 Å². The lowest BCUT2D eigenvalue weighted by atomic mass is 10.4. The Morgan fingerprint density at radius 1 is 1.50 bits per heavy atom. The van der Waals surface area contributed by atoms with Gasteiger partial charge in [-0.15, -0.1) is 11.3 Å². The number of thiazole rings is 1. The van der Waals surface area contributed by atoms with Crippen LogP contribution in [-0.2, 0) is 0 Å². The number of carbonyl (C=O) groups is 1. The van der Waals surface area contributed by atoms with Gasteiger partial charge < -0.3 is 11.1 Å². The van der Waals surface area contributed by atoms with E-state index in [-0.39, 0.29) is 5.91 Å². The van der Waals surface area contributed by atoms with E-state index in [1.54, 1.807) is 17.5 Å². The number of aromatic nitrogens is 2. The van der Waals surface area contributed by atoms with Gasteiger partial charge in [0.05, 0.1) is 11.9 Å². The Bertz CT molecular complexity index is 510. The van der Waals surface area contributed by atoms with Gasteiger partial charge in [-0.3, -0.25) is 4.79 Å². The molecule has 1 amide bonds. The number of pyridine rings is 1. The van der Waals surface area contributed by atoms with Crippen molar-refractivity contribution in [1.29, 1.82) is 0 Å². The van der Waals surface area contributed by atoms with E-state index in [9.17, 15) is 4.79 Å². The van der Waals surface area contributed by atoms with Gasteiger partial charge >= 0.3 is 0 Å². The molecule has 0 unspecified atom stereocenters. The van der Waals surface area contributed by atoms with E-state index in [0.717, 1.165) is 0 Å². The fraction of sp³-hybridized carbons (Fsp3) is 0. The predicted molar refractivity (Wildman–Crippen MR) is 66.4 cm³/mol. The molecule has 0 atom stereocenters. The van der Waals surface area contributed by atoms with Crippen molar-refractivity contribution < 1.29 is 4.79 Å². The topological polar surface area (TPSA) is 80.9 Å². The highest BCUT2D eigenvalue weighted by atomic mass is 79.9. The van der Waals surface area contributed by atoms with Crippen molar-refractivity contribution >= 4 is 44.7 Å². The predicted octanol–water partition coefficient (Wildman–Crippen LogP) is 2.14. The first-order valence-electron chi connectivity index (χ1n) is 4.29. The van der Waals surface area contributed by atoms with Gasteiger partial charge in [0, 0.05) is 5.38 Å². The monoisotopic (exact) mass is 298 g/mol. The van der Waals surface area contributed by atoms with Gasteiger partial charge in [0.15, 0.2) is 3.92 Å². The van der Waals surface area contributed by atoms with E-state index in [0.29, 0.717) is 21.1 Å². The van der Waals surface area contributed by atoms with Crippen molar-refractivity contribution in [2.45, 2.75) is 0 Å². The average molecular weight is 299 g/mol. The molecule has 2 aromatic rings. The second-order valence-corrected chi connectivity index (χ2v) is 5.05. The number of amides is 1. The van der Waals surface area contributed by atoms with Crippen LogP contribution in [0.3, 0.4) is 0 Å². The fourth-order valence-electron chi connectivity index (χ4n) is 1.02. The van der Waals surface area contributed by atoms with Gasteiger partial charge in [-0.05, 0) is 28.1 Å². The Hall–Kier alpha value is -1.47. The van der Waals surface area contributed by atoms with Crippen LogP contribution >= 0.6 is 27.3 Å². The number of carbonyl (C=O) groups excluding carboxylic acids is 1. The summed E-state index contributed by atoms with van der Waals surface area (Å²) in [7, 11) is 0. The quantitative estimate of drug-likeness (QED) is 0.890. The molecule has 0 aromatic carbocycles. The highest BCUT2D eigenvalue weighted by Crippen LogP contribution is 2.16. The number of nitrogens with one attached hydrogen (secondary N) is 1. The number of rotatable bonds is 2. The lowest BCUT2D eigenvalue weighted by molar-refractivity contribution is 0.102. The number of nitrogen functional groups attached to an aromatic ring is 1. The van der Waals surface area contributed by atoms with Crippen LogP contribution in [0.25, 0.3) is 0 Å². The van der Waals surface area contributed by atoms with E-state index < -0.39 is 0 Å². The Morgan fingerprint density at radius 3 is 2.88 bits per heavy atom. The van der Waals surface area contributed by atoms with Crippen molar-refractivity contribution in [2.75, 3.05) is 11.1 Å². The molecule has 82 valence electrons. The molecule has 2 heterocycles. The third-order valence-electron chi connectivity index (χ3n) is 1.74. The second-order valence-electron chi connectivity index (χ2n) is 2.92. The fourth-order valence-corrected chi connectivity index (χ4v) is 2.01. The summed E-state index contributed by atoms with van der Waals surface area (Å²) >= 11 is 4.54. The van der Waals surface area contributed by atoms with Crippen LogP contribution in [-0.4, -0.2) is 15.9 Å². The van der Waals surface area contributed by atoms with Crippen LogP contribution < -0.4 is 11.1 Å². The summed E-state index contributed by atoms with van der Waals surface area (Å²) in [5, 5.41) is 4.28. The summed E-state index contributed by atoms with van der Waals surface area (Å²) in [4.78, 5) is 19.6. The molecule has 0 aliphatic heterocycles. The molecule has 0 fully saturated rings. The summed E-state index contributed by atoms with van der Waals surface area (Å²) in [5.41, 5.74) is 6.39. The minimum atomic E-state index is -0.292. The maximum Gasteiger partial charge on any atom is 0.276 e. The van der Waals surface area contributed by atoms with Gasteiger partial charge in [-0.25, -0.2) is 9.97 Å². The molecule has 0 saturated heterocycles. The van der Waals surface area contributed by atoms with Crippen molar-refractivity contribution in [3.8, 4) is 0 Å². The molecule has 16 heavy (non-hydrogen) atoms. The number of hydrogen-bond acceptors (Lipinski definition) is 5. The first kappa shape index (κ1) is 11.0. The van der Waals surface area contributed by atoms with Gasteiger partial charge in [0.2, 0.25) is 0 Å². The number of nitrogens with two attached hydrogens (primary N) is 1. The number of nitrogens with zero attached hydrogens (tertiary/aromatic N) is 2. The maximum absolute atomic E-state index is 11.7. The lowest BCUT2D eigenvalue weighted by Crippen LogP contribution is -2.13. The maximum atomic E-state index is 11.7. The summed E-state index contributed by atoms with van der Waals surface area (Å²) in [6, 6.07) is 3.30. The number of anilines is 2. The van der Waals surface area contributed by atoms with Crippen molar-refractivity contribution in [1.82, 2.24) is 9.97 Å². The molecule has 2 rings (SSSR count). The highest BCUT2D eigenvalue weighted by Gasteiger charge is 2.10. The van der Waals surface area contributed by atoms with Crippen molar-refractivity contribution in [3.63, 3.8) is 0 Å². The Morgan fingerprint density at radius 2 is 2.31 bits per heavy atom. The SMILES string of the molecule is Nc1ccc(NC(=O)c2csc(Br)n2)nc1. The van der Waals surface area contributed by atoms with Crippen LogP contribution in [0.4, 0.5) is 11.5 Å². The normalized spacial score (nSPS) is 10.1. The molecule has 0 aliphatic rings. The van der Waals surface area contributed by atoms with E-state index in [1.807, 2.05) is 0 Å². The molecule has 7 heteroatoms. The standard InChI is InChI=1S/C9H7BrN4OS/c10-9-13-6(4-16-9)8(15)14-7-2-1-5(11)3-12-7/h1-4H,11H2,(H,12,14,15). The van der Waals surface area contributed by atoms with E-state index >= 15 is 0 Å². The summed E-state index contributed by atoms with van der Waals surface area (Å²) in [5.74, 6) is 0.155. The van der Waals surface area contributed by atoms with Crippen LogP contribution in [0.2, 0.25) is 0 Å². The molecule has 0 saturated carbocycles. The Balaban J connectivity index is 2.10. The van der Waals surface area contributed by atoms with Crippen LogP contribution in [0.15, 0.2) is 27.6 Å². The molecular formula is C9H7BrN4OS. The zero-order valence-corrected chi connectivity index (χ0v) is 10.4. The first-order valence-corrected chi connectivity index (χ1v) is 5.96. The van der Waals surface area contributed by atoms with Crippen LogP contribution in [0, 0.1) is 0 Å². The minimum absolute atomic E-state index is 0.292. The lowest BCUT2D eigenvalue weighted by Gasteiger charge is -2.01. The third-order valence-corrected chi connectivity index (χ3v) is 3.10. The molecule has 5 nitrogen and oxygen atoms in total. The van der Waals surface area contributed by atoms with Crippen molar-refractivity contribution in [3.05, 3.63) is 33.3 Å². The molecule has 0 bridgehead atoms. The smallest absolute Gasteiger partial charge is 0.276 e. The zero-order chi connectivity index (χ0) is 11.5. The molecule has 0 radical (unpaired) electrons. The second kappa shape index (κ2) is 4.58. The Kier molecular flexibility index (Phi) is 3.16. The van der Waals surface area contributed by atoms with Crippen LogP contribution in [0.5, 0.6) is 0 Å². The molecule has 3 N–H and O–H groups in total. The van der Waals surface area contributed by atoms with E-state index in [2.05, 4.69) is 31.2 Å². The minimum Gasteiger partial charge on any atom is -0.397 e. The van der Waals surface area contributed by atoms with E-state index in [4.69, 9.17) is 5.73 Å². The summed E-state index contributed by atoms with van der Waals surface area (Å²) < 4.78 is 0.669. The third kappa shape index (κ3) is 2.56. The average Bonchev–Trinajstić information content (AvgIpc) is 2.68. The molecule has 0 aliphatic carbocycles. The largest absolute Gasteiger partial charge is 0.397 e. The number of hydrogen-bond donors (Lipinski definition) is 2. The summed E-state index contributed by atoms with van der Waals surface area (Å²) in [6.45, 7) is 0. The summed E-state index contributed by atoms with van der Waals surface area (Å²) in [6.07, 6.45) is 1.48. The van der Waals surface area contributed by atoms with E-state index in [1.165, 1.54) is 17.5 Å². The van der Waals surface area contributed by atoms with Crippen molar-refractivity contribution in [2.24, 2.45) is 0 Å². The van der Waals surface area contributed by atoms with Gasteiger partial charge in [0.25, 0.3) is 5.91 Å².